The lowest BCUT2D eigenvalue weighted by atomic mass is 9.83. The Morgan fingerprint density at radius 1 is 1.10 bits per heavy atom. The van der Waals surface area contributed by atoms with Gasteiger partial charge in [-0.1, -0.05) is 43.7 Å². The van der Waals surface area contributed by atoms with Crippen molar-refractivity contribution in [1.29, 1.82) is 0 Å². The number of hydrogen-bond acceptors (Lipinski definition) is 2. The van der Waals surface area contributed by atoms with E-state index in [1.54, 1.807) is 0 Å². The van der Waals surface area contributed by atoms with Crippen LogP contribution >= 0.6 is 0 Å². The van der Waals surface area contributed by atoms with Crippen molar-refractivity contribution in [3.05, 3.63) is 35.9 Å². The van der Waals surface area contributed by atoms with Crippen molar-refractivity contribution >= 4 is 0 Å². The second-order valence-electron chi connectivity index (χ2n) is 6.92. The number of benzene rings is 1. The molecule has 2 aliphatic rings. The van der Waals surface area contributed by atoms with Crippen molar-refractivity contribution < 1.29 is 0 Å². The molecule has 1 aliphatic heterocycles. The molecule has 1 atom stereocenters. The first-order valence-electron chi connectivity index (χ1n) is 8.86. The Balaban J connectivity index is 1.51. The van der Waals surface area contributed by atoms with Crippen molar-refractivity contribution in [2.24, 2.45) is 5.92 Å². The number of piperazine rings is 1. The Hall–Kier alpha value is -0.860. The maximum absolute atomic E-state index is 3.71. The first kappa shape index (κ1) is 15.1. The third-order valence-electron chi connectivity index (χ3n) is 5.52. The smallest absolute Gasteiger partial charge is 0.0236 e. The first-order valence-corrected chi connectivity index (χ1v) is 8.86. The molecule has 0 bridgehead atoms. The van der Waals surface area contributed by atoms with Gasteiger partial charge in [0.2, 0.25) is 0 Å². The molecule has 1 aromatic rings. The average molecular weight is 286 g/mol. The Kier molecular flexibility index (Phi) is 5.32. The summed E-state index contributed by atoms with van der Waals surface area (Å²) in [6, 6.07) is 12.4. The first-order chi connectivity index (χ1) is 10.3. The van der Waals surface area contributed by atoms with Gasteiger partial charge in [0.15, 0.2) is 0 Å². The van der Waals surface area contributed by atoms with E-state index in [0.29, 0.717) is 6.04 Å². The van der Waals surface area contributed by atoms with Crippen LogP contribution in [0.3, 0.4) is 0 Å². The van der Waals surface area contributed by atoms with Crippen molar-refractivity contribution in [3.63, 3.8) is 0 Å². The molecule has 21 heavy (non-hydrogen) atoms. The standard InChI is InChI=1S/C19H30N2/c1-2-16-8-10-19(11-9-16)21-13-12-20-18(15-21)14-17-6-4-3-5-7-17/h3-7,16,18-20H,2,8-15H2,1H3. The highest BCUT2D eigenvalue weighted by Crippen LogP contribution is 2.30. The third-order valence-corrected chi connectivity index (χ3v) is 5.52. The highest BCUT2D eigenvalue weighted by Gasteiger charge is 2.28. The van der Waals surface area contributed by atoms with Gasteiger partial charge >= 0.3 is 0 Å². The van der Waals surface area contributed by atoms with Gasteiger partial charge in [-0.15, -0.1) is 0 Å². The zero-order valence-electron chi connectivity index (χ0n) is 13.4. The molecule has 1 heterocycles. The number of rotatable bonds is 4. The van der Waals surface area contributed by atoms with Crippen LogP contribution in [0.2, 0.25) is 0 Å². The van der Waals surface area contributed by atoms with Gasteiger partial charge in [-0.05, 0) is 43.6 Å². The van der Waals surface area contributed by atoms with E-state index in [-0.39, 0.29) is 0 Å². The molecule has 0 radical (unpaired) electrons. The normalized spacial score (nSPS) is 31.2. The molecule has 1 N–H and O–H groups in total. The van der Waals surface area contributed by atoms with Crippen LogP contribution in [0.15, 0.2) is 30.3 Å². The topological polar surface area (TPSA) is 15.3 Å². The minimum absolute atomic E-state index is 0.630. The second-order valence-corrected chi connectivity index (χ2v) is 6.92. The van der Waals surface area contributed by atoms with Crippen LogP contribution in [-0.2, 0) is 6.42 Å². The minimum atomic E-state index is 0.630. The number of hydrogen-bond donors (Lipinski definition) is 1. The number of nitrogens with one attached hydrogen (secondary N) is 1. The van der Waals surface area contributed by atoms with E-state index in [2.05, 4.69) is 47.5 Å². The Morgan fingerprint density at radius 3 is 2.57 bits per heavy atom. The molecule has 116 valence electrons. The zero-order valence-corrected chi connectivity index (χ0v) is 13.4. The fourth-order valence-corrected chi connectivity index (χ4v) is 4.14. The highest BCUT2D eigenvalue weighted by molar-refractivity contribution is 5.16. The van der Waals surface area contributed by atoms with Crippen molar-refractivity contribution in [1.82, 2.24) is 10.2 Å². The van der Waals surface area contributed by atoms with E-state index in [1.165, 1.54) is 57.2 Å². The van der Waals surface area contributed by atoms with Gasteiger partial charge in [0.25, 0.3) is 0 Å². The zero-order chi connectivity index (χ0) is 14.5. The predicted octanol–water partition coefficient (Wildman–Crippen LogP) is 3.47. The fourth-order valence-electron chi connectivity index (χ4n) is 4.14. The second kappa shape index (κ2) is 7.42. The van der Waals surface area contributed by atoms with Crippen LogP contribution in [0.5, 0.6) is 0 Å². The monoisotopic (exact) mass is 286 g/mol. The summed E-state index contributed by atoms with van der Waals surface area (Å²) in [5.41, 5.74) is 1.46. The summed E-state index contributed by atoms with van der Waals surface area (Å²) in [5, 5.41) is 3.71. The van der Waals surface area contributed by atoms with Gasteiger partial charge in [-0.3, -0.25) is 4.90 Å². The lowest BCUT2D eigenvalue weighted by molar-refractivity contribution is 0.101. The Bertz CT molecular complexity index is 409. The molecular weight excluding hydrogens is 256 g/mol. The van der Waals surface area contributed by atoms with Crippen LogP contribution in [0.1, 0.15) is 44.6 Å². The number of nitrogens with zero attached hydrogens (tertiary/aromatic N) is 1. The van der Waals surface area contributed by atoms with E-state index in [9.17, 15) is 0 Å². The molecule has 2 fully saturated rings. The van der Waals surface area contributed by atoms with Crippen LogP contribution in [0.4, 0.5) is 0 Å². The molecule has 0 aromatic heterocycles. The summed E-state index contributed by atoms with van der Waals surface area (Å²) in [7, 11) is 0. The van der Waals surface area contributed by atoms with Crippen LogP contribution in [0.25, 0.3) is 0 Å². The molecule has 3 rings (SSSR count). The van der Waals surface area contributed by atoms with Gasteiger partial charge in [0.05, 0.1) is 0 Å². The van der Waals surface area contributed by atoms with Gasteiger partial charge in [-0.25, -0.2) is 0 Å². The van der Waals surface area contributed by atoms with Gasteiger partial charge in [0.1, 0.15) is 0 Å². The summed E-state index contributed by atoms with van der Waals surface area (Å²) < 4.78 is 0. The maximum Gasteiger partial charge on any atom is 0.0236 e. The van der Waals surface area contributed by atoms with Gasteiger partial charge < -0.3 is 5.32 Å². The van der Waals surface area contributed by atoms with Crippen molar-refractivity contribution in [3.8, 4) is 0 Å². The van der Waals surface area contributed by atoms with Crippen LogP contribution in [0, 0.1) is 5.92 Å². The van der Waals surface area contributed by atoms with E-state index < -0.39 is 0 Å². The molecular formula is C19H30N2. The molecule has 1 saturated heterocycles. The van der Waals surface area contributed by atoms with Crippen molar-refractivity contribution in [2.75, 3.05) is 19.6 Å². The largest absolute Gasteiger partial charge is 0.311 e. The van der Waals surface area contributed by atoms with E-state index >= 15 is 0 Å². The molecule has 2 heteroatoms. The summed E-state index contributed by atoms with van der Waals surface area (Å²) in [5.74, 6) is 1.00. The summed E-state index contributed by atoms with van der Waals surface area (Å²) >= 11 is 0. The van der Waals surface area contributed by atoms with Crippen LogP contribution < -0.4 is 5.32 Å². The lowest BCUT2D eigenvalue weighted by Crippen LogP contribution is -2.55. The van der Waals surface area contributed by atoms with E-state index in [4.69, 9.17) is 0 Å². The lowest BCUT2D eigenvalue weighted by Gasteiger charge is -2.42. The molecule has 1 saturated carbocycles. The molecule has 1 aromatic carbocycles. The minimum Gasteiger partial charge on any atom is -0.311 e. The van der Waals surface area contributed by atoms with E-state index in [0.717, 1.165) is 18.5 Å². The SMILES string of the molecule is CCC1CCC(N2CCNC(Cc3ccccc3)C2)CC1. The quantitative estimate of drug-likeness (QED) is 0.911. The molecule has 1 aliphatic carbocycles. The van der Waals surface area contributed by atoms with Gasteiger partial charge in [-0.2, -0.15) is 0 Å². The third kappa shape index (κ3) is 4.08. The molecule has 0 spiro atoms. The summed E-state index contributed by atoms with van der Waals surface area (Å²) in [6.07, 6.45) is 8.31. The molecule has 1 unspecified atom stereocenters. The molecule has 2 nitrogen and oxygen atoms in total. The van der Waals surface area contributed by atoms with Crippen molar-refractivity contribution in [2.45, 2.75) is 57.5 Å². The maximum atomic E-state index is 3.71. The highest BCUT2D eigenvalue weighted by atomic mass is 15.2. The fraction of sp³-hybridized carbons (Fsp3) is 0.684. The summed E-state index contributed by atoms with van der Waals surface area (Å²) in [6.45, 7) is 5.99. The van der Waals surface area contributed by atoms with E-state index in [1.807, 2.05) is 0 Å². The van der Waals surface area contributed by atoms with Gasteiger partial charge in [0, 0.05) is 31.7 Å². The Morgan fingerprint density at radius 2 is 1.86 bits per heavy atom. The molecule has 0 amide bonds. The Labute approximate surface area is 129 Å². The average Bonchev–Trinajstić information content (AvgIpc) is 2.56. The predicted molar refractivity (Wildman–Crippen MR) is 89.5 cm³/mol. The summed E-state index contributed by atoms with van der Waals surface area (Å²) in [4.78, 5) is 2.77. The van der Waals surface area contributed by atoms with Crippen LogP contribution in [-0.4, -0.2) is 36.6 Å².